The van der Waals surface area contributed by atoms with Crippen LogP contribution in [0.4, 0.5) is 0 Å². The molecule has 166 valence electrons. The molecule has 10 heteroatoms. The average molecular weight is 440 g/mol. The standard InChI is InChI=1S/C20H29N3O6S/c1-21(2)12-18(24)22-10-8-20(9-11-22)14-23(13-19(25)28-3)30(26,27)17-7-5-4-6-16(17)29-15-20/h4-7H,8-15H2,1-3H3. The highest BCUT2D eigenvalue weighted by atomic mass is 32.2. The van der Waals surface area contributed by atoms with Gasteiger partial charge in [-0.15, -0.1) is 0 Å². The lowest BCUT2D eigenvalue weighted by Crippen LogP contribution is -2.54. The Kier molecular flexibility index (Phi) is 6.68. The largest absolute Gasteiger partial charge is 0.492 e. The number of benzene rings is 1. The van der Waals surface area contributed by atoms with Gasteiger partial charge in [-0.25, -0.2) is 8.42 Å². The fourth-order valence-corrected chi connectivity index (χ4v) is 5.54. The number of carbonyl (C=O) groups is 2. The Morgan fingerprint density at radius 3 is 2.50 bits per heavy atom. The van der Waals surface area contributed by atoms with Crippen molar-refractivity contribution in [2.75, 3.05) is 60.5 Å². The van der Waals surface area contributed by atoms with Crippen LogP contribution in [-0.4, -0.2) is 94.9 Å². The van der Waals surface area contributed by atoms with Crippen molar-refractivity contribution in [1.82, 2.24) is 14.1 Å². The van der Waals surface area contributed by atoms with Crippen molar-refractivity contribution in [3.05, 3.63) is 24.3 Å². The Morgan fingerprint density at radius 1 is 1.20 bits per heavy atom. The van der Waals surface area contributed by atoms with Gasteiger partial charge in [-0.3, -0.25) is 9.59 Å². The zero-order valence-electron chi connectivity index (χ0n) is 17.7. The first-order chi connectivity index (χ1) is 14.2. The highest BCUT2D eigenvalue weighted by molar-refractivity contribution is 7.89. The van der Waals surface area contributed by atoms with Crippen molar-refractivity contribution in [2.45, 2.75) is 17.7 Å². The van der Waals surface area contributed by atoms with Gasteiger partial charge < -0.3 is 19.3 Å². The summed E-state index contributed by atoms with van der Waals surface area (Å²) in [6.07, 6.45) is 1.17. The molecule has 0 saturated carbocycles. The number of hydrogen-bond donors (Lipinski definition) is 0. The number of esters is 1. The Labute approximate surface area is 177 Å². The van der Waals surface area contributed by atoms with Gasteiger partial charge in [0.25, 0.3) is 0 Å². The molecule has 2 aliphatic rings. The fraction of sp³-hybridized carbons (Fsp3) is 0.600. The smallest absolute Gasteiger partial charge is 0.321 e. The number of rotatable bonds is 4. The molecule has 3 rings (SSSR count). The lowest BCUT2D eigenvalue weighted by atomic mass is 9.78. The third-order valence-electron chi connectivity index (χ3n) is 5.67. The quantitative estimate of drug-likeness (QED) is 0.627. The maximum Gasteiger partial charge on any atom is 0.321 e. The van der Waals surface area contributed by atoms with E-state index in [1.54, 1.807) is 23.1 Å². The van der Waals surface area contributed by atoms with E-state index < -0.39 is 21.4 Å². The second-order valence-electron chi connectivity index (χ2n) is 8.20. The summed E-state index contributed by atoms with van der Waals surface area (Å²) in [5.74, 6) is -0.296. The molecule has 0 atom stereocenters. The third-order valence-corrected chi connectivity index (χ3v) is 7.51. The number of fused-ring (bicyclic) bond motifs is 1. The number of amides is 1. The molecule has 1 amide bonds. The molecule has 2 heterocycles. The minimum Gasteiger partial charge on any atom is -0.492 e. The number of likely N-dealkylation sites (N-methyl/N-ethyl adjacent to an activating group) is 1. The number of ether oxygens (including phenoxy) is 2. The minimum absolute atomic E-state index is 0.0438. The summed E-state index contributed by atoms with van der Waals surface area (Å²) in [5, 5.41) is 0. The van der Waals surface area contributed by atoms with Gasteiger partial charge in [0.05, 0.1) is 20.3 Å². The Hall–Kier alpha value is -2.17. The van der Waals surface area contributed by atoms with E-state index in [1.807, 2.05) is 19.0 Å². The second-order valence-corrected chi connectivity index (χ2v) is 10.1. The van der Waals surface area contributed by atoms with Crippen molar-refractivity contribution < 1.29 is 27.5 Å². The molecule has 30 heavy (non-hydrogen) atoms. The van der Waals surface area contributed by atoms with Crippen molar-refractivity contribution in [3.63, 3.8) is 0 Å². The number of nitrogens with zero attached hydrogens (tertiary/aromatic N) is 3. The summed E-state index contributed by atoms with van der Waals surface area (Å²) in [6, 6.07) is 6.45. The average Bonchev–Trinajstić information content (AvgIpc) is 2.71. The van der Waals surface area contributed by atoms with E-state index in [0.717, 1.165) is 0 Å². The summed E-state index contributed by atoms with van der Waals surface area (Å²) in [4.78, 5) is 28.1. The summed E-state index contributed by atoms with van der Waals surface area (Å²) in [7, 11) is 0.981. The molecule has 1 spiro atoms. The van der Waals surface area contributed by atoms with Crippen molar-refractivity contribution in [2.24, 2.45) is 5.41 Å². The summed E-state index contributed by atoms with van der Waals surface area (Å²) < 4.78 is 38.5. The van der Waals surface area contributed by atoms with E-state index in [2.05, 4.69) is 0 Å². The van der Waals surface area contributed by atoms with Crippen LogP contribution >= 0.6 is 0 Å². The number of carbonyl (C=O) groups excluding carboxylic acids is 2. The molecule has 0 unspecified atom stereocenters. The number of piperidine rings is 1. The first-order valence-electron chi connectivity index (χ1n) is 9.88. The molecule has 0 N–H and O–H groups in total. The topological polar surface area (TPSA) is 96.5 Å². The van der Waals surface area contributed by atoms with E-state index in [0.29, 0.717) is 39.1 Å². The van der Waals surface area contributed by atoms with E-state index in [1.165, 1.54) is 17.5 Å². The van der Waals surface area contributed by atoms with Crippen LogP contribution in [-0.2, 0) is 24.3 Å². The van der Waals surface area contributed by atoms with Crippen molar-refractivity contribution in [3.8, 4) is 5.75 Å². The zero-order valence-corrected chi connectivity index (χ0v) is 18.5. The SMILES string of the molecule is COC(=O)CN1CC2(CCN(C(=O)CN(C)C)CC2)COc2ccccc2S1(=O)=O. The maximum absolute atomic E-state index is 13.3. The van der Waals surface area contributed by atoms with Crippen molar-refractivity contribution >= 4 is 21.9 Å². The van der Waals surface area contributed by atoms with Crippen LogP contribution in [0.25, 0.3) is 0 Å². The first kappa shape index (κ1) is 22.5. The summed E-state index contributed by atoms with van der Waals surface area (Å²) in [6.45, 7) is 1.45. The summed E-state index contributed by atoms with van der Waals surface area (Å²) in [5.41, 5.74) is -0.497. The van der Waals surface area contributed by atoms with Gasteiger partial charge in [-0.2, -0.15) is 4.31 Å². The van der Waals surface area contributed by atoms with Crippen LogP contribution in [0.1, 0.15) is 12.8 Å². The minimum atomic E-state index is -3.95. The highest BCUT2D eigenvalue weighted by Crippen LogP contribution is 2.39. The van der Waals surface area contributed by atoms with Gasteiger partial charge in [0.2, 0.25) is 15.9 Å². The molecule has 1 saturated heterocycles. The molecular formula is C20H29N3O6S. The highest BCUT2D eigenvalue weighted by Gasteiger charge is 2.44. The zero-order chi connectivity index (χ0) is 21.9. The van der Waals surface area contributed by atoms with Gasteiger partial charge in [0, 0.05) is 25.0 Å². The van der Waals surface area contributed by atoms with Crippen molar-refractivity contribution in [1.29, 1.82) is 0 Å². The summed E-state index contributed by atoms with van der Waals surface area (Å²) >= 11 is 0. The van der Waals surface area contributed by atoms with Crippen LogP contribution in [0.3, 0.4) is 0 Å². The Morgan fingerprint density at radius 2 is 1.87 bits per heavy atom. The van der Waals surface area contributed by atoms with E-state index in [-0.39, 0.29) is 29.6 Å². The monoisotopic (exact) mass is 439 g/mol. The molecule has 0 aromatic heterocycles. The Balaban J connectivity index is 1.87. The van der Waals surface area contributed by atoms with Gasteiger partial charge >= 0.3 is 5.97 Å². The molecule has 0 aliphatic carbocycles. The first-order valence-corrected chi connectivity index (χ1v) is 11.3. The number of para-hydroxylation sites is 1. The number of sulfonamides is 1. The lowest BCUT2D eigenvalue weighted by Gasteiger charge is -2.44. The normalized spacial score (nSPS) is 20.7. The fourth-order valence-electron chi connectivity index (χ4n) is 3.91. The lowest BCUT2D eigenvalue weighted by molar-refractivity contribution is -0.141. The van der Waals surface area contributed by atoms with Gasteiger partial charge in [-0.05, 0) is 39.1 Å². The van der Waals surface area contributed by atoms with Crippen LogP contribution in [0.5, 0.6) is 5.75 Å². The van der Waals surface area contributed by atoms with E-state index in [4.69, 9.17) is 9.47 Å². The van der Waals surface area contributed by atoms with E-state index >= 15 is 0 Å². The Bertz CT molecular complexity index is 894. The predicted octanol–water partition coefficient (Wildman–Crippen LogP) is 0.413. The maximum atomic E-state index is 13.3. The van der Waals surface area contributed by atoms with Crippen LogP contribution in [0.2, 0.25) is 0 Å². The molecule has 9 nitrogen and oxygen atoms in total. The number of methoxy groups -OCH3 is 1. The molecule has 1 fully saturated rings. The molecule has 0 radical (unpaired) electrons. The van der Waals surface area contributed by atoms with E-state index in [9.17, 15) is 18.0 Å². The molecule has 1 aromatic rings. The van der Waals surface area contributed by atoms with Gasteiger partial charge in [0.1, 0.15) is 17.2 Å². The third kappa shape index (κ3) is 4.76. The number of hydrogen-bond acceptors (Lipinski definition) is 7. The predicted molar refractivity (Wildman–Crippen MR) is 110 cm³/mol. The van der Waals surface area contributed by atoms with Crippen LogP contribution in [0, 0.1) is 5.41 Å². The van der Waals surface area contributed by atoms with Gasteiger partial charge in [-0.1, -0.05) is 12.1 Å². The second kappa shape index (κ2) is 8.91. The molecule has 2 aliphatic heterocycles. The van der Waals surface area contributed by atoms with Crippen LogP contribution in [0.15, 0.2) is 29.2 Å². The molecular weight excluding hydrogens is 410 g/mol. The van der Waals surface area contributed by atoms with Gasteiger partial charge in [0.15, 0.2) is 0 Å². The molecule has 1 aromatic carbocycles. The molecule has 0 bridgehead atoms. The number of likely N-dealkylation sites (tertiary alicyclic amines) is 1. The van der Waals surface area contributed by atoms with Crippen LogP contribution < -0.4 is 4.74 Å².